The summed E-state index contributed by atoms with van der Waals surface area (Å²) < 4.78 is 9.15. The molecular formula is C18H16N2O6. The summed E-state index contributed by atoms with van der Waals surface area (Å²) in [6.07, 6.45) is 0. The number of rotatable bonds is 4. The maximum absolute atomic E-state index is 11.9. The van der Waals surface area contributed by atoms with Crippen molar-refractivity contribution in [1.29, 1.82) is 0 Å². The summed E-state index contributed by atoms with van der Waals surface area (Å²) in [5.41, 5.74) is 1.33. The van der Waals surface area contributed by atoms with Crippen molar-refractivity contribution in [1.82, 2.24) is 0 Å². The van der Waals surface area contributed by atoms with Gasteiger partial charge in [0.2, 0.25) is 0 Å². The van der Waals surface area contributed by atoms with Gasteiger partial charge in [0.1, 0.15) is 0 Å². The number of carbonyl (C=O) groups excluding carboxylic acids is 4. The highest BCUT2D eigenvalue weighted by atomic mass is 16.5. The van der Waals surface area contributed by atoms with Gasteiger partial charge in [0.25, 0.3) is 0 Å². The SMILES string of the molecule is COC(=O)c1ccc(NC(=O)C(=O)Nc2ccc(C(=O)OC)cc2)cc1. The van der Waals surface area contributed by atoms with Crippen LogP contribution < -0.4 is 10.6 Å². The lowest BCUT2D eigenvalue weighted by Gasteiger charge is -2.07. The minimum Gasteiger partial charge on any atom is -0.465 e. The van der Waals surface area contributed by atoms with E-state index >= 15 is 0 Å². The van der Waals surface area contributed by atoms with Crippen molar-refractivity contribution in [2.75, 3.05) is 24.9 Å². The van der Waals surface area contributed by atoms with Gasteiger partial charge in [0.15, 0.2) is 0 Å². The molecule has 2 aromatic rings. The Kier molecular flexibility index (Phi) is 6.05. The molecule has 0 bridgehead atoms. The molecule has 8 heteroatoms. The summed E-state index contributed by atoms with van der Waals surface area (Å²) in [4.78, 5) is 46.5. The average molecular weight is 356 g/mol. The highest BCUT2D eigenvalue weighted by Crippen LogP contribution is 2.12. The van der Waals surface area contributed by atoms with Crippen LogP contribution in [0.25, 0.3) is 0 Å². The highest BCUT2D eigenvalue weighted by molar-refractivity contribution is 6.43. The van der Waals surface area contributed by atoms with E-state index in [0.29, 0.717) is 22.5 Å². The van der Waals surface area contributed by atoms with E-state index in [9.17, 15) is 19.2 Å². The zero-order chi connectivity index (χ0) is 19.1. The fraction of sp³-hybridized carbons (Fsp3) is 0.111. The van der Waals surface area contributed by atoms with Gasteiger partial charge in [-0.05, 0) is 48.5 Å². The van der Waals surface area contributed by atoms with Crippen molar-refractivity contribution in [2.24, 2.45) is 0 Å². The Morgan fingerprint density at radius 2 is 0.923 bits per heavy atom. The third kappa shape index (κ3) is 4.67. The maximum atomic E-state index is 11.9. The number of hydrogen-bond acceptors (Lipinski definition) is 6. The van der Waals surface area contributed by atoms with Crippen molar-refractivity contribution < 1.29 is 28.7 Å². The summed E-state index contributed by atoms with van der Waals surface area (Å²) in [6, 6.07) is 11.8. The normalized spacial score (nSPS) is 9.77. The van der Waals surface area contributed by atoms with Crippen LogP contribution in [0.15, 0.2) is 48.5 Å². The van der Waals surface area contributed by atoms with E-state index in [0.717, 1.165) is 0 Å². The number of amides is 2. The van der Waals surface area contributed by atoms with Crippen LogP contribution in [-0.2, 0) is 19.1 Å². The van der Waals surface area contributed by atoms with Crippen LogP contribution in [0.1, 0.15) is 20.7 Å². The largest absolute Gasteiger partial charge is 0.465 e. The van der Waals surface area contributed by atoms with Crippen molar-refractivity contribution >= 4 is 35.1 Å². The number of carbonyl (C=O) groups is 4. The molecule has 26 heavy (non-hydrogen) atoms. The molecule has 2 N–H and O–H groups in total. The summed E-state index contributed by atoms with van der Waals surface area (Å²) in [5, 5.41) is 4.82. The van der Waals surface area contributed by atoms with Crippen LogP contribution in [0.4, 0.5) is 11.4 Å². The number of esters is 2. The van der Waals surface area contributed by atoms with Crippen molar-refractivity contribution in [3.63, 3.8) is 0 Å². The lowest BCUT2D eigenvalue weighted by molar-refractivity contribution is -0.132. The minimum atomic E-state index is -0.882. The third-order valence-electron chi connectivity index (χ3n) is 3.33. The van der Waals surface area contributed by atoms with Crippen LogP contribution >= 0.6 is 0 Å². The molecular weight excluding hydrogens is 340 g/mol. The lowest BCUT2D eigenvalue weighted by atomic mass is 10.2. The fourth-order valence-corrected chi connectivity index (χ4v) is 1.99. The minimum absolute atomic E-state index is 0.320. The van der Waals surface area contributed by atoms with E-state index in [1.165, 1.54) is 62.8 Å². The molecule has 0 heterocycles. The first-order valence-electron chi connectivity index (χ1n) is 7.43. The Hall–Kier alpha value is -3.68. The number of anilines is 2. The average Bonchev–Trinajstić information content (AvgIpc) is 2.67. The first kappa shape index (κ1) is 18.7. The zero-order valence-electron chi connectivity index (χ0n) is 14.1. The standard InChI is InChI=1S/C18H16N2O6/c1-25-17(23)11-3-7-13(8-4-11)19-15(21)16(22)20-14-9-5-12(6-10-14)18(24)26-2/h3-10H,1-2H3,(H,19,21)(H,20,22). The molecule has 0 unspecified atom stereocenters. The number of benzene rings is 2. The molecule has 2 amide bonds. The predicted octanol–water partition coefficient (Wildman–Crippen LogP) is 1.84. The summed E-state index contributed by atoms with van der Waals surface area (Å²) in [6.45, 7) is 0. The molecule has 8 nitrogen and oxygen atoms in total. The molecule has 2 aromatic carbocycles. The van der Waals surface area contributed by atoms with E-state index in [1.54, 1.807) is 0 Å². The Bertz CT molecular complexity index is 756. The predicted molar refractivity (Wildman–Crippen MR) is 92.8 cm³/mol. The second-order valence-electron chi connectivity index (χ2n) is 5.05. The number of nitrogens with one attached hydrogen (secondary N) is 2. The van der Waals surface area contributed by atoms with Gasteiger partial charge in [-0.1, -0.05) is 0 Å². The lowest BCUT2D eigenvalue weighted by Crippen LogP contribution is -2.29. The number of ether oxygens (including phenoxy) is 2. The molecule has 0 radical (unpaired) electrons. The van der Waals surface area contributed by atoms with Gasteiger partial charge < -0.3 is 20.1 Å². The molecule has 0 atom stereocenters. The molecule has 134 valence electrons. The Labute approximate surface area is 149 Å². The molecule has 2 rings (SSSR count). The molecule has 0 spiro atoms. The van der Waals surface area contributed by atoms with Crippen molar-refractivity contribution in [3.8, 4) is 0 Å². The molecule has 0 aromatic heterocycles. The second-order valence-corrected chi connectivity index (χ2v) is 5.05. The molecule has 0 aliphatic carbocycles. The second kappa shape index (κ2) is 8.43. The molecule has 0 aliphatic heterocycles. The summed E-state index contributed by atoms with van der Waals surface area (Å²) in [5.74, 6) is -2.77. The van der Waals surface area contributed by atoms with Crippen LogP contribution in [0.2, 0.25) is 0 Å². The summed E-state index contributed by atoms with van der Waals surface area (Å²) in [7, 11) is 2.53. The fourth-order valence-electron chi connectivity index (χ4n) is 1.99. The highest BCUT2D eigenvalue weighted by Gasteiger charge is 2.15. The zero-order valence-corrected chi connectivity index (χ0v) is 14.1. The van der Waals surface area contributed by atoms with Gasteiger partial charge in [0, 0.05) is 11.4 Å². The van der Waals surface area contributed by atoms with Gasteiger partial charge in [-0.2, -0.15) is 0 Å². The molecule has 0 saturated heterocycles. The van der Waals surface area contributed by atoms with Gasteiger partial charge in [-0.25, -0.2) is 9.59 Å². The third-order valence-corrected chi connectivity index (χ3v) is 3.33. The van der Waals surface area contributed by atoms with Crippen molar-refractivity contribution in [2.45, 2.75) is 0 Å². The molecule has 0 saturated carbocycles. The van der Waals surface area contributed by atoms with Crippen LogP contribution in [0, 0.1) is 0 Å². The summed E-state index contributed by atoms with van der Waals surface area (Å²) >= 11 is 0. The van der Waals surface area contributed by atoms with Gasteiger partial charge in [0.05, 0.1) is 25.3 Å². The quantitative estimate of drug-likeness (QED) is 0.639. The molecule has 0 aliphatic rings. The molecule has 0 fully saturated rings. The Morgan fingerprint density at radius 3 is 1.19 bits per heavy atom. The number of hydrogen-bond donors (Lipinski definition) is 2. The van der Waals surface area contributed by atoms with E-state index in [4.69, 9.17) is 0 Å². The Balaban J connectivity index is 1.96. The topological polar surface area (TPSA) is 111 Å². The van der Waals surface area contributed by atoms with E-state index in [-0.39, 0.29) is 0 Å². The van der Waals surface area contributed by atoms with Gasteiger partial charge >= 0.3 is 23.8 Å². The van der Waals surface area contributed by atoms with E-state index < -0.39 is 23.8 Å². The van der Waals surface area contributed by atoms with E-state index in [1.807, 2.05) is 0 Å². The monoisotopic (exact) mass is 356 g/mol. The van der Waals surface area contributed by atoms with Crippen LogP contribution in [0.3, 0.4) is 0 Å². The van der Waals surface area contributed by atoms with Crippen LogP contribution in [-0.4, -0.2) is 38.0 Å². The number of methoxy groups -OCH3 is 2. The first-order valence-corrected chi connectivity index (χ1v) is 7.43. The Morgan fingerprint density at radius 1 is 0.615 bits per heavy atom. The van der Waals surface area contributed by atoms with E-state index in [2.05, 4.69) is 20.1 Å². The first-order chi connectivity index (χ1) is 12.4. The van der Waals surface area contributed by atoms with Gasteiger partial charge in [-0.15, -0.1) is 0 Å². The van der Waals surface area contributed by atoms with Gasteiger partial charge in [-0.3, -0.25) is 9.59 Å². The van der Waals surface area contributed by atoms with Crippen LogP contribution in [0.5, 0.6) is 0 Å². The van der Waals surface area contributed by atoms with Crippen molar-refractivity contribution in [3.05, 3.63) is 59.7 Å². The maximum Gasteiger partial charge on any atom is 0.337 e. The smallest absolute Gasteiger partial charge is 0.337 e.